The van der Waals surface area contributed by atoms with E-state index in [0.717, 1.165) is 11.1 Å². The minimum absolute atomic E-state index is 0.0708. The summed E-state index contributed by atoms with van der Waals surface area (Å²) in [6, 6.07) is 10.4. The zero-order chi connectivity index (χ0) is 25.1. The van der Waals surface area contributed by atoms with E-state index in [2.05, 4.69) is 5.32 Å². The lowest BCUT2D eigenvalue weighted by Gasteiger charge is -2.29. The Morgan fingerprint density at radius 2 is 1.62 bits per heavy atom. The van der Waals surface area contributed by atoms with Crippen LogP contribution in [-0.2, 0) is 27.3 Å². The summed E-state index contributed by atoms with van der Waals surface area (Å²) in [5.41, 5.74) is 1.46. The SMILES string of the molecule is COc1ccc(CC(=O)N(Cc2ccc(F)cc2)[C@@H](C)C(=O)NCCCOC(C)C)cc1OC. The number of ether oxygens (including phenoxy) is 3. The number of nitrogens with zero attached hydrogens (tertiary/aromatic N) is 1. The highest BCUT2D eigenvalue weighted by molar-refractivity contribution is 5.88. The van der Waals surface area contributed by atoms with Crippen LogP contribution in [0.2, 0.25) is 0 Å². The molecule has 2 aromatic carbocycles. The van der Waals surface area contributed by atoms with Crippen molar-refractivity contribution in [1.29, 1.82) is 0 Å². The quantitative estimate of drug-likeness (QED) is 0.448. The molecule has 0 radical (unpaired) electrons. The summed E-state index contributed by atoms with van der Waals surface area (Å²) in [4.78, 5) is 27.6. The van der Waals surface area contributed by atoms with E-state index in [1.807, 2.05) is 13.8 Å². The second-order valence-electron chi connectivity index (χ2n) is 8.25. The topological polar surface area (TPSA) is 77.1 Å². The van der Waals surface area contributed by atoms with Crippen LogP contribution in [0.4, 0.5) is 4.39 Å². The van der Waals surface area contributed by atoms with Crippen molar-refractivity contribution in [2.45, 2.75) is 52.3 Å². The summed E-state index contributed by atoms with van der Waals surface area (Å²) in [5.74, 6) is 0.236. The third-order valence-corrected chi connectivity index (χ3v) is 5.31. The van der Waals surface area contributed by atoms with Gasteiger partial charge in [-0.25, -0.2) is 4.39 Å². The Morgan fingerprint density at radius 3 is 2.24 bits per heavy atom. The molecule has 0 aliphatic rings. The van der Waals surface area contributed by atoms with Gasteiger partial charge in [-0.2, -0.15) is 0 Å². The Morgan fingerprint density at radius 1 is 0.971 bits per heavy atom. The molecule has 2 rings (SSSR count). The number of benzene rings is 2. The Labute approximate surface area is 201 Å². The Balaban J connectivity index is 2.13. The standard InChI is InChI=1S/C26H35FN2O5/c1-18(2)34-14-6-13-28-26(31)19(3)29(17-20-7-10-22(27)11-8-20)25(30)16-21-9-12-23(32-4)24(15-21)33-5/h7-12,15,18-19H,6,13-14,16-17H2,1-5H3,(H,28,31)/t19-/m0/s1. The molecule has 1 N–H and O–H groups in total. The molecule has 0 spiro atoms. The average molecular weight is 475 g/mol. The van der Waals surface area contributed by atoms with Gasteiger partial charge in [-0.3, -0.25) is 9.59 Å². The van der Waals surface area contributed by atoms with Crippen LogP contribution in [-0.4, -0.2) is 56.2 Å². The molecule has 34 heavy (non-hydrogen) atoms. The molecule has 0 fully saturated rings. The summed E-state index contributed by atoms with van der Waals surface area (Å²) in [7, 11) is 3.07. The molecule has 2 amide bonds. The molecule has 0 saturated heterocycles. The monoisotopic (exact) mass is 474 g/mol. The minimum Gasteiger partial charge on any atom is -0.493 e. The van der Waals surface area contributed by atoms with E-state index in [9.17, 15) is 14.0 Å². The number of halogens is 1. The smallest absolute Gasteiger partial charge is 0.242 e. The summed E-state index contributed by atoms with van der Waals surface area (Å²) >= 11 is 0. The second kappa shape index (κ2) is 13.5. The van der Waals surface area contributed by atoms with Crippen LogP contribution >= 0.6 is 0 Å². The van der Waals surface area contributed by atoms with Crippen LogP contribution in [0.1, 0.15) is 38.3 Å². The highest BCUT2D eigenvalue weighted by Gasteiger charge is 2.26. The largest absolute Gasteiger partial charge is 0.493 e. The van der Waals surface area contributed by atoms with Gasteiger partial charge in [-0.15, -0.1) is 0 Å². The zero-order valence-electron chi connectivity index (χ0n) is 20.6. The maximum Gasteiger partial charge on any atom is 0.242 e. The van der Waals surface area contributed by atoms with Gasteiger partial charge >= 0.3 is 0 Å². The fourth-order valence-electron chi connectivity index (χ4n) is 3.39. The second-order valence-corrected chi connectivity index (χ2v) is 8.25. The fourth-order valence-corrected chi connectivity index (χ4v) is 3.39. The van der Waals surface area contributed by atoms with Gasteiger partial charge in [0.25, 0.3) is 0 Å². The molecule has 2 aromatic rings. The maximum absolute atomic E-state index is 13.4. The molecule has 0 heterocycles. The lowest BCUT2D eigenvalue weighted by molar-refractivity contribution is -0.140. The Bertz CT molecular complexity index is 933. The van der Waals surface area contributed by atoms with E-state index >= 15 is 0 Å². The van der Waals surface area contributed by atoms with Gasteiger partial charge in [0.1, 0.15) is 11.9 Å². The maximum atomic E-state index is 13.4. The van der Waals surface area contributed by atoms with Crippen LogP contribution < -0.4 is 14.8 Å². The van der Waals surface area contributed by atoms with Crippen LogP contribution in [0.25, 0.3) is 0 Å². The first-order valence-corrected chi connectivity index (χ1v) is 11.4. The van der Waals surface area contributed by atoms with Gasteiger partial charge in [-0.1, -0.05) is 18.2 Å². The van der Waals surface area contributed by atoms with Crippen molar-refractivity contribution in [2.75, 3.05) is 27.4 Å². The first-order chi connectivity index (χ1) is 16.2. The predicted octanol–water partition coefficient (Wildman–Crippen LogP) is 3.73. The van der Waals surface area contributed by atoms with Crippen molar-refractivity contribution in [3.8, 4) is 11.5 Å². The Hall–Kier alpha value is -3.13. The molecule has 7 nitrogen and oxygen atoms in total. The van der Waals surface area contributed by atoms with Gasteiger partial charge in [0.05, 0.1) is 26.7 Å². The predicted molar refractivity (Wildman–Crippen MR) is 128 cm³/mol. The van der Waals surface area contributed by atoms with Crippen molar-refractivity contribution in [1.82, 2.24) is 10.2 Å². The van der Waals surface area contributed by atoms with Crippen LogP contribution in [0.3, 0.4) is 0 Å². The molecule has 0 aliphatic carbocycles. The number of carbonyl (C=O) groups is 2. The van der Waals surface area contributed by atoms with Crippen molar-refractivity contribution in [2.24, 2.45) is 0 Å². The van der Waals surface area contributed by atoms with E-state index in [1.54, 1.807) is 44.4 Å². The number of carbonyl (C=O) groups excluding carboxylic acids is 2. The molecule has 0 aromatic heterocycles. The van der Waals surface area contributed by atoms with Crippen molar-refractivity contribution in [3.63, 3.8) is 0 Å². The normalized spacial score (nSPS) is 11.7. The van der Waals surface area contributed by atoms with Crippen molar-refractivity contribution < 1.29 is 28.2 Å². The van der Waals surface area contributed by atoms with Gasteiger partial charge in [0, 0.05) is 19.7 Å². The summed E-state index contributed by atoms with van der Waals surface area (Å²) in [6.45, 7) is 6.78. The van der Waals surface area contributed by atoms with Gasteiger partial charge in [0.15, 0.2) is 11.5 Å². The first-order valence-electron chi connectivity index (χ1n) is 11.4. The van der Waals surface area contributed by atoms with Crippen LogP contribution in [0.15, 0.2) is 42.5 Å². The van der Waals surface area contributed by atoms with Crippen molar-refractivity contribution >= 4 is 11.8 Å². The average Bonchev–Trinajstić information content (AvgIpc) is 2.82. The highest BCUT2D eigenvalue weighted by Crippen LogP contribution is 2.28. The van der Waals surface area contributed by atoms with Crippen LogP contribution in [0.5, 0.6) is 11.5 Å². The number of hydrogen-bond donors (Lipinski definition) is 1. The molecule has 0 unspecified atom stereocenters. The molecule has 186 valence electrons. The van der Waals surface area contributed by atoms with Gasteiger partial charge in [0.2, 0.25) is 11.8 Å². The van der Waals surface area contributed by atoms with E-state index in [-0.39, 0.29) is 36.7 Å². The van der Waals surface area contributed by atoms with Gasteiger partial charge in [-0.05, 0) is 62.6 Å². The number of methoxy groups -OCH3 is 2. The third-order valence-electron chi connectivity index (χ3n) is 5.31. The molecule has 0 aliphatic heterocycles. The summed E-state index contributed by atoms with van der Waals surface area (Å²) in [5, 5.41) is 2.87. The molecule has 0 bridgehead atoms. The first kappa shape index (κ1) is 27.1. The lowest BCUT2D eigenvalue weighted by atomic mass is 10.1. The summed E-state index contributed by atoms with van der Waals surface area (Å²) < 4.78 is 29.4. The third kappa shape index (κ3) is 8.33. The van der Waals surface area contributed by atoms with Crippen molar-refractivity contribution in [3.05, 3.63) is 59.4 Å². The number of nitrogens with one attached hydrogen (secondary N) is 1. The highest BCUT2D eigenvalue weighted by atomic mass is 19.1. The van der Waals surface area contributed by atoms with Crippen LogP contribution in [0, 0.1) is 5.82 Å². The molecular weight excluding hydrogens is 439 g/mol. The molecular formula is C26H35FN2O5. The van der Waals surface area contributed by atoms with E-state index in [4.69, 9.17) is 14.2 Å². The molecule has 0 saturated carbocycles. The van der Waals surface area contributed by atoms with E-state index in [1.165, 1.54) is 24.1 Å². The molecule has 1 atom stereocenters. The Kier molecular flexibility index (Phi) is 10.8. The lowest BCUT2D eigenvalue weighted by Crippen LogP contribution is -2.48. The minimum atomic E-state index is -0.719. The zero-order valence-corrected chi connectivity index (χ0v) is 20.6. The van der Waals surface area contributed by atoms with E-state index in [0.29, 0.717) is 31.1 Å². The van der Waals surface area contributed by atoms with Gasteiger partial charge < -0.3 is 24.4 Å². The fraction of sp³-hybridized carbons (Fsp3) is 0.462. The number of rotatable bonds is 13. The van der Waals surface area contributed by atoms with E-state index < -0.39 is 6.04 Å². The number of hydrogen-bond acceptors (Lipinski definition) is 5. The number of amides is 2. The molecule has 8 heteroatoms. The summed E-state index contributed by atoms with van der Waals surface area (Å²) in [6.07, 6.45) is 0.880.